The molecule has 0 spiro atoms. The van der Waals surface area contributed by atoms with Crippen LogP contribution in [-0.2, 0) is 4.79 Å². The van der Waals surface area contributed by atoms with Crippen LogP contribution in [0.15, 0.2) is 18.2 Å². The van der Waals surface area contributed by atoms with E-state index in [0.29, 0.717) is 5.75 Å². The van der Waals surface area contributed by atoms with Crippen molar-refractivity contribution < 1.29 is 14.6 Å². The van der Waals surface area contributed by atoms with Crippen molar-refractivity contribution in [1.82, 2.24) is 0 Å². The van der Waals surface area contributed by atoms with Gasteiger partial charge in [0.25, 0.3) is 5.91 Å². The summed E-state index contributed by atoms with van der Waals surface area (Å²) in [6, 6.07) is 5.74. The molecule has 18 heavy (non-hydrogen) atoms. The Hall–Kier alpha value is -1.75. The molecular formula is C13H18N2O3. The fourth-order valence-electron chi connectivity index (χ4n) is 1.90. The number of rotatable bonds is 5. The molecule has 0 radical (unpaired) electrons. The second-order valence-electron chi connectivity index (χ2n) is 4.37. The van der Waals surface area contributed by atoms with Crippen LogP contribution in [0.5, 0.6) is 5.75 Å². The maximum atomic E-state index is 11.2. The number of hydrogen-bond donors (Lipinski definition) is 2. The molecule has 98 valence electrons. The molecule has 0 bridgehead atoms. The minimum atomic E-state index is -0.123. The van der Waals surface area contributed by atoms with Gasteiger partial charge in [-0.15, -0.1) is 0 Å². The molecule has 1 aromatic rings. The first kappa shape index (κ1) is 12.7. The van der Waals surface area contributed by atoms with Crippen molar-refractivity contribution in [3.8, 4) is 5.75 Å². The van der Waals surface area contributed by atoms with Crippen LogP contribution >= 0.6 is 0 Å². The van der Waals surface area contributed by atoms with E-state index in [2.05, 4.69) is 10.2 Å². The van der Waals surface area contributed by atoms with Crippen molar-refractivity contribution in [2.45, 2.75) is 12.8 Å². The van der Waals surface area contributed by atoms with Crippen molar-refractivity contribution in [2.24, 2.45) is 0 Å². The third kappa shape index (κ3) is 2.92. The number of unbranched alkanes of at least 4 members (excludes halogenated alkanes) is 1. The Morgan fingerprint density at radius 2 is 2.28 bits per heavy atom. The summed E-state index contributed by atoms with van der Waals surface area (Å²) in [5.74, 6) is 0.588. The molecule has 0 aliphatic carbocycles. The summed E-state index contributed by atoms with van der Waals surface area (Å²) in [5.41, 5.74) is 1.75. The van der Waals surface area contributed by atoms with E-state index >= 15 is 0 Å². The second-order valence-corrected chi connectivity index (χ2v) is 4.37. The van der Waals surface area contributed by atoms with Gasteiger partial charge in [0.15, 0.2) is 6.61 Å². The van der Waals surface area contributed by atoms with Gasteiger partial charge in [0.05, 0.1) is 5.69 Å². The minimum absolute atomic E-state index is 0.0820. The van der Waals surface area contributed by atoms with Crippen molar-refractivity contribution >= 4 is 17.3 Å². The number of aliphatic hydroxyl groups excluding tert-OH is 1. The molecule has 1 heterocycles. The fourth-order valence-corrected chi connectivity index (χ4v) is 1.90. The van der Waals surface area contributed by atoms with E-state index in [1.807, 2.05) is 25.2 Å². The predicted molar refractivity (Wildman–Crippen MR) is 70.2 cm³/mol. The molecule has 1 aromatic carbocycles. The van der Waals surface area contributed by atoms with Gasteiger partial charge in [-0.2, -0.15) is 0 Å². The number of benzene rings is 1. The maximum absolute atomic E-state index is 11.2. The number of aliphatic hydroxyl groups is 1. The summed E-state index contributed by atoms with van der Waals surface area (Å²) < 4.78 is 5.31. The monoisotopic (exact) mass is 250 g/mol. The minimum Gasteiger partial charge on any atom is -0.482 e. The van der Waals surface area contributed by atoms with Crippen molar-refractivity contribution in [3.63, 3.8) is 0 Å². The van der Waals surface area contributed by atoms with Crippen LogP contribution in [0.25, 0.3) is 0 Å². The molecule has 5 heteroatoms. The Morgan fingerprint density at radius 3 is 3.06 bits per heavy atom. The van der Waals surface area contributed by atoms with Crippen LogP contribution in [0.3, 0.4) is 0 Å². The van der Waals surface area contributed by atoms with Crippen molar-refractivity contribution in [2.75, 3.05) is 37.0 Å². The summed E-state index contributed by atoms with van der Waals surface area (Å²) in [6.45, 7) is 1.18. The number of carbonyl (C=O) groups excluding carboxylic acids is 1. The summed E-state index contributed by atoms with van der Waals surface area (Å²) in [5, 5.41) is 11.5. The number of nitrogens with zero attached hydrogens (tertiary/aromatic N) is 1. The molecule has 0 aromatic heterocycles. The van der Waals surface area contributed by atoms with E-state index in [-0.39, 0.29) is 19.1 Å². The van der Waals surface area contributed by atoms with Gasteiger partial charge in [0.2, 0.25) is 0 Å². The van der Waals surface area contributed by atoms with E-state index in [9.17, 15) is 4.79 Å². The fraction of sp³-hybridized carbons (Fsp3) is 0.462. The Kier molecular flexibility index (Phi) is 4.04. The number of nitrogens with one attached hydrogen (secondary N) is 1. The first-order valence-corrected chi connectivity index (χ1v) is 6.09. The van der Waals surface area contributed by atoms with E-state index < -0.39 is 0 Å². The summed E-state index contributed by atoms with van der Waals surface area (Å²) in [4.78, 5) is 13.3. The number of amides is 1. The SMILES string of the molecule is CN(CCCCO)c1ccc2c(c1)NC(=O)CO2. The lowest BCUT2D eigenvalue weighted by molar-refractivity contribution is -0.118. The number of fused-ring (bicyclic) bond motifs is 1. The average molecular weight is 250 g/mol. The zero-order valence-corrected chi connectivity index (χ0v) is 10.5. The van der Waals surface area contributed by atoms with E-state index in [4.69, 9.17) is 9.84 Å². The highest BCUT2D eigenvalue weighted by molar-refractivity contribution is 5.96. The Labute approximate surface area is 106 Å². The topological polar surface area (TPSA) is 61.8 Å². The second kappa shape index (κ2) is 5.73. The number of anilines is 2. The van der Waals surface area contributed by atoms with Crippen LogP contribution in [0.2, 0.25) is 0 Å². The largest absolute Gasteiger partial charge is 0.482 e. The number of carbonyl (C=O) groups is 1. The number of ether oxygens (including phenoxy) is 1. The summed E-state index contributed by atoms with van der Waals surface area (Å²) in [7, 11) is 1.99. The quantitative estimate of drug-likeness (QED) is 0.771. The van der Waals surface area contributed by atoms with E-state index in [1.54, 1.807) is 0 Å². The first-order chi connectivity index (χ1) is 8.70. The van der Waals surface area contributed by atoms with Gasteiger partial charge in [-0.25, -0.2) is 0 Å². The smallest absolute Gasteiger partial charge is 0.262 e. The molecule has 2 N–H and O–H groups in total. The number of hydrogen-bond acceptors (Lipinski definition) is 4. The lowest BCUT2D eigenvalue weighted by Gasteiger charge is -2.23. The molecular weight excluding hydrogens is 232 g/mol. The van der Waals surface area contributed by atoms with Crippen LogP contribution in [-0.4, -0.2) is 37.8 Å². The Balaban J connectivity index is 2.05. The van der Waals surface area contributed by atoms with Crippen LogP contribution in [0, 0.1) is 0 Å². The van der Waals surface area contributed by atoms with Gasteiger partial charge >= 0.3 is 0 Å². The maximum Gasteiger partial charge on any atom is 0.262 e. The molecule has 5 nitrogen and oxygen atoms in total. The van der Waals surface area contributed by atoms with Crippen molar-refractivity contribution in [3.05, 3.63) is 18.2 Å². The van der Waals surface area contributed by atoms with Gasteiger partial charge in [-0.3, -0.25) is 4.79 Å². The zero-order chi connectivity index (χ0) is 13.0. The molecule has 0 saturated carbocycles. The summed E-state index contributed by atoms with van der Waals surface area (Å²) >= 11 is 0. The highest BCUT2D eigenvalue weighted by Crippen LogP contribution is 2.31. The van der Waals surface area contributed by atoms with Gasteiger partial charge < -0.3 is 20.1 Å². The lowest BCUT2D eigenvalue weighted by atomic mass is 10.2. The van der Waals surface area contributed by atoms with Gasteiger partial charge in [-0.05, 0) is 31.0 Å². The lowest BCUT2D eigenvalue weighted by Crippen LogP contribution is -2.26. The van der Waals surface area contributed by atoms with Gasteiger partial charge in [-0.1, -0.05) is 0 Å². The van der Waals surface area contributed by atoms with E-state index in [1.165, 1.54) is 0 Å². The van der Waals surface area contributed by atoms with Crippen LogP contribution in [0.1, 0.15) is 12.8 Å². The normalized spacial score (nSPS) is 13.6. The molecule has 2 rings (SSSR count). The molecule has 0 fully saturated rings. The highest BCUT2D eigenvalue weighted by Gasteiger charge is 2.16. The Bertz CT molecular complexity index is 434. The molecule has 0 atom stereocenters. The van der Waals surface area contributed by atoms with Crippen molar-refractivity contribution in [1.29, 1.82) is 0 Å². The van der Waals surface area contributed by atoms with E-state index in [0.717, 1.165) is 30.8 Å². The molecule has 0 unspecified atom stereocenters. The third-order valence-corrected chi connectivity index (χ3v) is 2.94. The van der Waals surface area contributed by atoms with Crippen LogP contribution < -0.4 is 15.0 Å². The van der Waals surface area contributed by atoms with Gasteiger partial charge in [0.1, 0.15) is 5.75 Å². The first-order valence-electron chi connectivity index (χ1n) is 6.09. The highest BCUT2D eigenvalue weighted by atomic mass is 16.5. The molecule has 1 aliphatic rings. The average Bonchev–Trinajstić information content (AvgIpc) is 2.38. The summed E-state index contributed by atoms with van der Waals surface area (Å²) in [6.07, 6.45) is 1.74. The predicted octanol–water partition coefficient (Wildman–Crippen LogP) is 1.23. The molecule has 1 aliphatic heterocycles. The van der Waals surface area contributed by atoms with Gasteiger partial charge in [0, 0.05) is 25.9 Å². The third-order valence-electron chi connectivity index (χ3n) is 2.94. The zero-order valence-electron chi connectivity index (χ0n) is 10.5. The Morgan fingerprint density at radius 1 is 1.44 bits per heavy atom. The molecule has 0 saturated heterocycles. The van der Waals surface area contributed by atoms with Crippen LogP contribution in [0.4, 0.5) is 11.4 Å². The standard InChI is InChI=1S/C13H18N2O3/c1-15(6-2-3-7-16)10-4-5-12-11(8-10)14-13(17)9-18-12/h4-5,8,16H,2-3,6-7,9H2,1H3,(H,14,17). The molecule has 1 amide bonds.